The summed E-state index contributed by atoms with van der Waals surface area (Å²) in [5, 5.41) is 0.457. The van der Waals surface area contributed by atoms with E-state index in [4.69, 9.17) is 21.6 Å². The van der Waals surface area contributed by atoms with Gasteiger partial charge in [0, 0.05) is 36.4 Å². The number of hydrogen-bond donors (Lipinski definition) is 1. The van der Waals surface area contributed by atoms with Crippen LogP contribution in [0.2, 0.25) is 0 Å². The Balaban J connectivity index is 2.20. The molecule has 0 aliphatic rings. The van der Waals surface area contributed by atoms with Crippen molar-refractivity contribution in [1.29, 1.82) is 0 Å². The van der Waals surface area contributed by atoms with Gasteiger partial charge in [-0.1, -0.05) is 18.1 Å². The predicted octanol–water partition coefficient (Wildman–Crippen LogP) is 2.71. The molecule has 1 aromatic heterocycles. The largest absolute Gasteiger partial charge is 0.423 e. The third-order valence-corrected chi connectivity index (χ3v) is 3.59. The summed E-state index contributed by atoms with van der Waals surface area (Å²) in [5.41, 5.74) is 7.88. The van der Waals surface area contributed by atoms with Crippen LogP contribution in [-0.4, -0.2) is 21.9 Å². The summed E-state index contributed by atoms with van der Waals surface area (Å²) >= 11 is 0. The summed E-state index contributed by atoms with van der Waals surface area (Å²) in [7, 11) is 0. The van der Waals surface area contributed by atoms with E-state index in [1.165, 1.54) is 26.0 Å². The van der Waals surface area contributed by atoms with Gasteiger partial charge < -0.3 is 15.2 Å². The number of nitrogens with two attached hydrogens (primary N) is 1. The van der Waals surface area contributed by atoms with Crippen molar-refractivity contribution in [2.45, 2.75) is 13.8 Å². The first-order valence-electron chi connectivity index (χ1n) is 7.92. The number of nitrogens with zero attached hydrogens (tertiary/aromatic N) is 2. The van der Waals surface area contributed by atoms with Gasteiger partial charge in [0.25, 0.3) is 0 Å². The van der Waals surface area contributed by atoms with Gasteiger partial charge in [-0.25, -0.2) is 9.97 Å². The van der Waals surface area contributed by atoms with Crippen molar-refractivity contribution in [2.24, 2.45) is 0 Å². The van der Waals surface area contributed by atoms with Gasteiger partial charge in [-0.2, -0.15) is 0 Å². The molecule has 0 amide bonds. The highest BCUT2D eigenvalue weighted by molar-refractivity contribution is 5.93. The molecular weight excluding hydrogens is 346 g/mol. The number of hydrogen-bond acceptors (Lipinski definition) is 7. The van der Waals surface area contributed by atoms with E-state index < -0.39 is 11.9 Å². The zero-order valence-corrected chi connectivity index (χ0v) is 14.6. The fourth-order valence-corrected chi connectivity index (χ4v) is 2.51. The quantitative estimate of drug-likeness (QED) is 0.434. The third-order valence-electron chi connectivity index (χ3n) is 3.59. The Hall–Kier alpha value is -3.92. The number of esters is 2. The molecule has 3 rings (SSSR count). The van der Waals surface area contributed by atoms with E-state index in [9.17, 15) is 9.59 Å². The Morgan fingerprint density at radius 2 is 1.70 bits per heavy atom. The lowest BCUT2D eigenvalue weighted by molar-refractivity contribution is -0.134. The number of benzene rings is 2. The lowest BCUT2D eigenvalue weighted by Gasteiger charge is -2.12. The molecule has 0 unspecified atom stereocenters. The van der Waals surface area contributed by atoms with Crippen molar-refractivity contribution in [2.75, 3.05) is 5.73 Å². The zero-order valence-electron chi connectivity index (χ0n) is 14.6. The maximum atomic E-state index is 11.4. The smallest absolute Gasteiger partial charge is 0.308 e. The van der Waals surface area contributed by atoms with E-state index >= 15 is 0 Å². The second-order valence-corrected chi connectivity index (χ2v) is 5.66. The van der Waals surface area contributed by atoms with E-state index in [0.717, 1.165) is 0 Å². The Morgan fingerprint density at radius 3 is 2.33 bits per heavy atom. The maximum absolute atomic E-state index is 11.4. The van der Waals surface area contributed by atoms with E-state index in [0.29, 0.717) is 27.9 Å². The second-order valence-electron chi connectivity index (χ2n) is 5.66. The van der Waals surface area contributed by atoms with Crippen LogP contribution in [0.15, 0.2) is 36.4 Å². The molecule has 0 aliphatic carbocycles. The molecule has 1 heterocycles. The van der Waals surface area contributed by atoms with Crippen LogP contribution < -0.4 is 15.2 Å². The molecule has 0 saturated heterocycles. The molecule has 0 atom stereocenters. The summed E-state index contributed by atoms with van der Waals surface area (Å²) < 4.78 is 10.2. The lowest BCUT2D eigenvalue weighted by atomic mass is 10.1. The molecule has 27 heavy (non-hydrogen) atoms. The normalized spacial score (nSPS) is 10.3. The maximum Gasteiger partial charge on any atom is 0.308 e. The van der Waals surface area contributed by atoms with Crippen LogP contribution in [-0.2, 0) is 9.59 Å². The molecule has 0 radical (unpaired) electrons. The van der Waals surface area contributed by atoms with E-state index in [-0.39, 0.29) is 17.3 Å². The Labute approximate surface area is 155 Å². The van der Waals surface area contributed by atoms with Crippen LogP contribution in [0.5, 0.6) is 11.5 Å². The first-order valence-corrected chi connectivity index (χ1v) is 7.92. The number of carbonyl (C=O) groups is 2. The van der Waals surface area contributed by atoms with Gasteiger partial charge in [-0.15, -0.1) is 6.42 Å². The molecule has 134 valence electrons. The highest BCUT2D eigenvalue weighted by atomic mass is 16.6. The standard InChI is InChI=1S/C20H15N3O4/c1-4-13-6-5-7-14(8-13)20-22-16-10-18(27-12(3)25)17(26-11(2)24)9-15(16)19(21)23-20/h1,5-10H,2-3H3,(H2,21,22,23). The third kappa shape index (κ3) is 3.85. The number of carbonyl (C=O) groups excluding carboxylic acids is 2. The monoisotopic (exact) mass is 361 g/mol. The number of aromatic nitrogens is 2. The molecular formula is C20H15N3O4. The minimum Gasteiger partial charge on any atom is -0.423 e. The molecule has 2 N–H and O–H groups in total. The number of nitrogen functional groups attached to an aromatic ring is 1. The summed E-state index contributed by atoms with van der Waals surface area (Å²) in [6, 6.07) is 10.1. The van der Waals surface area contributed by atoms with Crippen molar-refractivity contribution < 1.29 is 19.1 Å². The predicted molar refractivity (Wildman–Crippen MR) is 99.9 cm³/mol. The summed E-state index contributed by atoms with van der Waals surface area (Å²) in [4.78, 5) is 31.5. The fraction of sp³-hybridized carbons (Fsp3) is 0.100. The van der Waals surface area contributed by atoms with Crippen LogP contribution >= 0.6 is 0 Å². The Morgan fingerprint density at radius 1 is 1.04 bits per heavy atom. The number of fused-ring (bicyclic) bond motifs is 1. The van der Waals surface area contributed by atoms with Crippen LogP contribution in [0.4, 0.5) is 5.82 Å². The number of anilines is 1. The summed E-state index contributed by atoms with van der Waals surface area (Å²) in [6.07, 6.45) is 5.43. The Kier molecular flexibility index (Phi) is 4.73. The molecule has 0 bridgehead atoms. The molecule has 0 aliphatic heterocycles. The lowest BCUT2D eigenvalue weighted by Crippen LogP contribution is -2.08. The molecule has 2 aromatic carbocycles. The highest BCUT2D eigenvalue weighted by Gasteiger charge is 2.16. The van der Waals surface area contributed by atoms with Gasteiger partial charge in [-0.05, 0) is 18.2 Å². The highest BCUT2D eigenvalue weighted by Crippen LogP contribution is 2.35. The minimum absolute atomic E-state index is 0.0579. The minimum atomic E-state index is -0.565. The van der Waals surface area contributed by atoms with Crippen molar-refractivity contribution >= 4 is 28.7 Å². The topological polar surface area (TPSA) is 104 Å². The first-order chi connectivity index (χ1) is 12.9. The van der Waals surface area contributed by atoms with Crippen molar-refractivity contribution in [3.05, 3.63) is 42.0 Å². The van der Waals surface area contributed by atoms with E-state index in [1.807, 2.05) is 6.07 Å². The van der Waals surface area contributed by atoms with Crippen molar-refractivity contribution in [3.63, 3.8) is 0 Å². The van der Waals surface area contributed by atoms with Crippen LogP contribution in [0.1, 0.15) is 19.4 Å². The fourth-order valence-electron chi connectivity index (χ4n) is 2.51. The molecule has 0 spiro atoms. The number of ether oxygens (including phenoxy) is 2. The molecule has 3 aromatic rings. The molecule has 7 nitrogen and oxygen atoms in total. The number of terminal acetylenes is 1. The second kappa shape index (κ2) is 7.14. The Bertz CT molecular complexity index is 1120. The molecule has 0 saturated carbocycles. The SMILES string of the molecule is C#Cc1cccc(-c2nc(N)c3cc(OC(C)=O)c(OC(C)=O)cc3n2)c1. The van der Waals surface area contributed by atoms with E-state index in [2.05, 4.69) is 15.9 Å². The summed E-state index contributed by atoms with van der Waals surface area (Å²) in [5.74, 6) is 2.09. The van der Waals surface area contributed by atoms with Gasteiger partial charge in [0.2, 0.25) is 0 Å². The van der Waals surface area contributed by atoms with E-state index in [1.54, 1.807) is 18.2 Å². The average Bonchev–Trinajstić information content (AvgIpc) is 2.61. The van der Waals surface area contributed by atoms with Gasteiger partial charge in [0.05, 0.1) is 5.52 Å². The van der Waals surface area contributed by atoms with Gasteiger partial charge in [0.15, 0.2) is 17.3 Å². The molecule has 7 heteroatoms. The van der Waals surface area contributed by atoms with Gasteiger partial charge >= 0.3 is 11.9 Å². The van der Waals surface area contributed by atoms with Crippen LogP contribution in [0.3, 0.4) is 0 Å². The van der Waals surface area contributed by atoms with Crippen molar-refractivity contribution in [3.8, 4) is 35.2 Å². The van der Waals surface area contributed by atoms with Crippen molar-refractivity contribution in [1.82, 2.24) is 9.97 Å². The van der Waals surface area contributed by atoms with Gasteiger partial charge in [0.1, 0.15) is 5.82 Å². The average molecular weight is 361 g/mol. The first kappa shape index (κ1) is 17.9. The van der Waals surface area contributed by atoms with Gasteiger partial charge in [-0.3, -0.25) is 9.59 Å². The summed E-state index contributed by atoms with van der Waals surface area (Å²) in [6.45, 7) is 2.48. The molecule has 0 fully saturated rings. The van der Waals surface area contributed by atoms with Crippen LogP contribution in [0, 0.1) is 12.3 Å². The zero-order chi connectivity index (χ0) is 19.6. The van der Waals surface area contributed by atoms with Crippen LogP contribution in [0.25, 0.3) is 22.3 Å². The number of rotatable bonds is 3.